The van der Waals surface area contributed by atoms with Gasteiger partial charge in [0.1, 0.15) is 0 Å². The Bertz CT molecular complexity index is 889. The summed E-state index contributed by atoms with van der Waals surface area (Å²) in [5.41, 5.74) is 1.94. The van der Waals surface area contributed by atoms with Crippen LogP contribution in [0.1, 0.15) is 113 Å². The minimum absolute atomic E-state index is 0.0168. The summed E-state index contributed by atoms with van der Waals surface area (Å²) < 4.78 is 0. The van der Waals surface area contributed by atoms with E-state index >= 15 is 0 Å². The Labute approximate surface area is 201 Å². The first-order valence-electron chi connectivity index (χ1n) is 13.8. The van der Waals surface area contributed by atoms with Gasteiger partial charge in [-0.3, -0.25) is 4.79 Å². The number of carbonyl (C=O) groups is 1. The lowest BCUT2D eigenvalue weighted by Gasteiger charge is -2.71. The molecule has 0 aromatic heterocycles. The van der Waals surface area contributed by atoms with Crippen molar-refractivity contribution in [2.75, 3.05) is 0 Å². The van der Waals surface area contributed by atoms with Gasteiger partial charge < -0.3 is 10.2 Å². The Hall–Kier alpha value is -0.830. The van der Waals surface area contributed by atoms with Crippen LogP contribution in [0.2, 0.25) is 0 Å². The quantitative estimate of drug-likeness (QED) is 0.409. The van der Waals surface area contributed by atoms with E-state index in [2.05, 4.69) is 47.6 Å². The number of hydrogen-bond donors (Lipinski definition) is 2. The lowest BCUT2D eigenvalue weighted by atomic mass is 9.33. The molecule has 0 unspecified atom stereocenters. The minimum atomic E-state index is -0.603. The maximum absolute atomic E-state index is 12.2. The van der Waals surface area contributed by atoms with Crippen LogP contribution < -0.4 is 0 Å². The van der Waals surface area contributed by atoms with Crippen molar-refractivity contribution in [1.29, 1.82) is 0 Å². The number of rotatable bonds is 1. The normalized spacial score (nSPS) is 55.3. The first kappa shape index (κ1) is 23.9. The molecule has 0 aromatic carbocycles. The van der Waals surface area contributed by atoms with Crippen LogP contribution in [0.4, 0.5) is 0 Å². The number of fused-ring (bicyclic) bond motifs is 7. The van der Waals surface area contributed by atoms with E-state index in [9.17, 15) is 15.0 Å². The molecule has 0 saturated heterocycles. The molecule has 0 heterocycles. The molecule has 5 rings (SSSR count). The van der Waals surface area contributed by atoms with Crippen molar-refractivity contribution in [3.63, 3.8) is 0 Å². The van der Waals surface area contributed by atoms with E-state index in [4.69, 9.17) is 0 Å². The predicted molar refractivity (Wildman–Crippen MR) is 133 cm³/mol. The van der Waals surface area contributed by atoms with Crippen molar-refractivity contribution in [1.82, 2.24) is 0 Å². The van der Waals surface area contributed by atoms with Crippen LogP contribution in [0.5, 0.6) is 0 Å². The lowest BCUT2D eigenvalue weighted by molar-refractivity contribution is -0.203. The smallest absolute Gasteiger partial charge is 0.309 e. The van der Waals surface area contributed by atoms with Crippen LogP contribution in [0.15, 0.2) is 11.6 Å². The highest BCUT2D eigenvalue weighted by molar-refractivity contribution is 5.74. The minimum Gasteiger partial charge on any atom is -0.481 e. The molecule has 3 nitrogen and oxygen atoms in total. The number of carboxylic acids is 1. The Balaban J connectivity index is 1.57. The van der Waals surface area contributed by atoms with Crippen molar-refractivity contribution in [2.24, 2.45) is 50.2 Å². The molecule has 0 spiro atoms. The maximum atomic E-state index is 12.2. The van der Waals surface area contributed by atoms with E-state index in [1.165, 1.54) is 25.7 Å². The van der Waals surface area contributed by atoms with Crippen LogP contribution >= 0.6 is 0 Å². The summed E-state index contributed by atoms with van der Waals surface area (Å²) in [5.74, 6) is 1.01. The van der Waals surface area contributed by atoms with Crippen molar-refractivity contribution in [2.45, 2.75) is 119 Å². The van der Waals surface area contributed by atoms with E-state index in [0.29, 0.717) is 17.8 Å². The molecule has 4 fully saturated rings. The van der Waals surface area contributed by atoms with Gasteiger partial charge in [-0.25, -0.2) is 0 Å². The Morgan fingerprint density at radius 2 is 1.55 bits per heavy atom. The van der Waals surface area contributed by atoms with Crippen LogP contribution in [0.25, 0.3) is 0 Å². The highest BCUT2D eigenvalue weighted by Gasteiger charge is 2.68. The van der Waals surface area contributed by atoms with E-state index in [-0.39, 0.29) is 33.2 Å². The largest absolute Gasteiger partial charge is 0.481 e. The van der Waals surface area contributed by atoms with Gasteiger partial charge in [0.25, 0.3) is 0 Å². The van der Waals surface area contributed by atoms with E-state index in [1.54, 1.807) is 5.57 Å². The Kier molecular flexibility index (Phi) is 4.99. The number of aliphatic hydroxyl groups excluding tert-OH is 1. The van der Waals surface area contributed by atoms with Crippen LogP contribution in [-0.4, -0.2) is 22.3 Å². The van der Waals surface area contributed by atoms with E-state index in [1.807, 2.05) is 6.92 Å². The third-order valence-corrected chi connectivity index (χ3v) is 13.3. The van der Waals surface area contributed by atoms with Gasteiger partial charge in [0.2, 0.25) is 0 Å². The standard InChI is InChI=1S/C30H48O3/c1-25(2)21-10-13-30(7)22(28(21,5)12-11-23(25)31)9-8-19-20-18-27(4,24(32)33)15-14-26(20,3)16-17-29(19,30)6/h8,20-23,31H,9-18H2,1-7H3,(H,32,33)/t20-,21-,22-,23+,26-,27+,28-,29+,30+/m1/s1. The second-order valence-corrected chi connectivity index (χ2v) is 14.9. The van der Waals surface area contributed by atoms with Crippen LogP contribution in [0.3, 0.4) is 0 Å². The number of allylic oxidation sites excluding steroid dienone is 2. The summed E-state index contributed by atoms with van der Waals surface area (Å²) in [6.45, 7) is 16.8. The second-order valence-electron chi connectivity index (χ2n) is 14.9. The zero-order valence-electron chi connectivity index (χ0n) is 22.3. The average molecular weight is 457 g/mol. The maximum Gasteiger partial charge on any atom is 0.309 e. The summed E-state index contributed by atoms with van der Waals surface area (Å²) in [7, 11) is 0. The number of aliphatic hydroxyl groups is 1. The van der Waals surface area contributed by atoms with Gasteiger partial charge in [-0.05, 0) is 116 Å². The molecule has 2 N–H and O–H groups in total. The van der Waals surface area contributed by atoms with Gasteiger partial charge in [0, 0.05) is 0 Å². The lowest BCUT2D eigenvalue weighted by Crippen LogP contribution is -2.64. The highest BCUT2D eigenvalue weighted by Crippen LogP contribution is 2.75. The molecule has 33 heavy (non-hydrogen) atoms. The zero-order chi connectivity index (χ0) is 24.2. The summed E-state index contributed by atoms with van der Waals surface area (Å²) >= 11 is 0. The molecule has 0 aromatic rings. The molecule has 0 amide bonds. The molecular weight excluding hydrogens is 408 g/mol. The van der Waals surface area contributed by atoms with Gasteiger partial charge in [-0.15, -0.1) is 0 Å². The molecule has 5 aliphatic carbocycles. The third kappa shape index (κ3) is 2.87. The van der Waals surface area contributed by atoms with Crippen molar-refractivity contribution in [3.8, 4) is 0 Å². The Morgan fingerprint density at radius 1 is 0.879 bits per heavy atom. The van der Waals surface area contributed by atoms with Gasteiger partial charge >= 0.3 is 5.97 Å². The first-order valence-corrected chi connectivity index (χ1v) is 13.8. The summed E-state index contributed by atoms with van der Waals surface area (Å²) in [5, 5.41) is 20.9. The molecule has 0 aliphatic heterocycles. The fraction of sp³-hybridized carbons (Fsp3) is 0.900. The van der Waals surface area contributed by atoms with Crippen molar-refractivity contribution in [3.05, 3.63) is 11.6 Å². The molecular formula is C30H48O3. The molecule has 9 atom stereocenters. The SMILES string of the molecule is CC1(C)[C@H]2CC[C@@]3(C)[C@H](CC=C4[C@H]5C[C@@](C)(C(=O)O)CC[C@]5(C)CC[C@@]43C)[C@]2(C)CC[C@@H]1O. The van der Waals surface area contributed by atoms with Crippen molar-refractivity contribution < 1.29 is 15.0 Å². The molecule has 0 radical (unpaired) electrons. The predicted octanol–water partition coefficient (Wildman–Crippen LogP) is 7.23. The zero-order valence-corrected chi connectivity index (χ0v) is 22.3. The summed E-state index contributed by atoms with van der Waals surface area (Å²) in [6.07, 6.45) is 13.2. The first-order chi connectivity index (χ1) is 15.1. The monoisotopic (exact) mass is 456 g/mol. The second kappa shape index (κ2) is 6.89. The molecule has 3 heteroatoms. The molecule has 4 saturated carbocycles. The van der Waals surface area contributed by atoms with Gasteiger partial charge in [-0.1, -0.05) is 53.2 Å². The fourth-order valence-corrected chi connectivity index (χ4v) is 10.5. The number of carboxylic acid groups (broad SMARTS) is 1. The molecule has 0 bridgehead atoms. The Morgan fingerprint density at radius 3 is 2.21 bits per heavy atom. The average Bonchev–Trinajstić information content (AvgIpc) is 2.73. The number of aliphatic carboxylic acids is 1. The van der Waals surface area contributed by atoms with Gasteiger partial charge in [0.15, 0.2) is 0 Å². The third-order valence-electron chi connectivity index (χ3n) is 13.3. The number of hydrogen-bond acceptors (Lipinski definition) is 2. The highest BCUT2D eigenvalue weighted by atomic mass is 16.4. The van der Waals surface area contributed by atoms with Crippen molar-refractivity contribution >= 4 is 5.97 Å². The van der Waals surface area contributed by atoms with E-state index in [0.717, 1.165) is 38.5 Å². The van der Waals surface area contributed by atoms with Crippen LogP contribution in [0, 0.1) is 50.2 Å². The molecule has 5 aliphatic rings. The molecule has 186 valence electrons. The van der Waals surface area contributed by atoms with Gasteiger partial charge in [-0.2, -0.15) is 0 Å². The summed E-state index contributed by atoms with van der Waals surface area (Å²) in [6, 6.07) is 0. The van der Waals surface area contributed by atoms with Crippen LogP contribution in [-0.2, 0) is 4.79 Å². The van der Waals surface area contributed by atoms with Gasteiger partial charge in [0.05, 0.1) is 11.5 Å². The fourth-order valence-electron chi connectivity index (χ4n) is 10.5. The van der Waals surface area contributed by atoms with E-state index < -0.39 is 11.4 Å². The summed E-state index contributed by atoms with van der Waals surface area (Å²) in [4.78, 5) is 12.2. The topological polar surface area (TPSA) is 57.5 Å².